The Bertz CT molecular complexity index is 1210. The molecule has 0 amide bonds. The molecule has 1 aliphatic rings. The van der Waals surface area contributed by atoms with Gasteiger partial charge < -0.3 is 15.6 Å². The number of anilines is 1. The predicted octanol–water partition coefficient (Wildman–Crippen LogP) is 5.44. The van der Waals surface area contributed by atoms with E-state index < -0.39 is 23.9 Å². The highest BCUT2D eigenvalue weighted by atomic mass is 19.3. The van der Waals surface area contributed by atoms with Crippen molar-refractivity contribution in [3.63, 3.8) is 0 Å². The van der Waals surface area contributed by atoms with Gasteiger partial charge in [-0.3, -0.25) is 9.78 Å². The Labute approximate surface area is 200 Å². The first kappa shape index (κ1) is 24.4. The zero-order chi connectivity index (χ0) is 25.1. The standard InChI is InChI=1S/C25H25F3N4O3/c1-13-10-17(11-19(30-13)22(27)28)20-21(15-6-8-18(26)9-7-15)31-25(29)32-23(20)35-12-14-2-4-16(5-3-14)24(33)34/h6-11,14,16,22H,2-5,12H2,1H3,(H,33,34)(H2,29,31,32). The van der Waals surface area contributed by atoms with Crippen LogP contribution in [0.25, 0.3) is 22.4 Å². The van der Waals surface area contributed by atoms with Crippen LogP contribution in [0.3, 0.4) is 0 Å². The summed E-state index contributed by atoms with van der Waals surface area (Å²) in [5.74, 6) is -1.44. The fraction of sp³-hybridized carbons (Fsp3) is 0.360. The molecule has 2 heterocycles. The number of nitrogens with zero attached hydrogens (tertiary/aromatic N) is 3. The van der Waals surface area contributed by atoms with Gasteiger partial charge in [0.1, 0.15) is 11.5 Å². The van der Waals surface area contributed by atoms with Crippen molar-refractivity contribution in [2.45, 2.75) is 39.0 Å². The van der Waals surface area contributed by atoms with Gasteiger partial charge in [-0.05, 0) is 80.5 Å². The number of hydrogen-bond donors (Lipinski definition) is 2. The second kappa shape index (κ2) is 10.3. The van der Waals surface area contributed by atoms with E-state index in [4.69, 9.17) is 10.5 Å². The molecule has 1 saturated carbocycles. The van der Waals surface area contributed by atoms with Gasteiger partial charge >= 0.3 is 5.97 Å². The highest BCUT2D eigenvalue weighted by Crippen LogP contribution is 2.40. The summed E-state index contributed by atoms with van der Waals surface area (Å²) in [6.07, 6.45) is -0.302. The van der Waals surface area contributed by atoms with Gasteiger partial charge in [0.2, 0.25) is 11.8 Å². The Morgan fingerprint density at radius 1 is 1.09 bits per heavy atom. The molecule has 184 valence electrons. The van der Waals surface area contributed by atoms with Gasteiger partial charge in [-0.15, -0.1) is 0 Å². The first-order chi connectivity index (χ1) is 16.7. The van der Waals surface area contributed by atoms with E-state index in [1.165, 1.54) is 30.3 Å². The Morgan fingerprint density at radius 2 is 1.77 bits per heavy atom. The maximum atomic E-state index is 13.6. The first-order valence-electron chi connectivity index (χ1n) is 11.3. The summed E-state index contributed by atoms with van der Waals surface area (Å²) in [4.78, 5) is 23.7. The molecule has 1 aliphatic carbocycles. The number of rotatable bonds is 7. The normalized spacial score (nSPS) is 18.0. The number of pyridine rings is 1. The maximum Gasteiger partial charge on any atom is 0.306 e. The number of aromatic nitrogens is 3. The van der Waals surface area contributed by atoms with Crippen molar-refractivity contribution in [3.05, 3.63) is 53.6 Å². The minimum absolute atomic E-state index is 0.0856. The van der Waals surface area contributed by atoms with Crippen LogP contribution < -0.4 is 10.5 Å². The molecular formula is C25H25F3N4O3. The molecule has 0 spiro atoms. The van der Waals surface area contributed by atoms with Gasteiger partial charge in [-0.1, -0.05) is 0 Å². The second-order valence-corrected chi connectivity index (χ2v) is 8.71. The lowest BCUT2D eigenvalue weighted by molar-refractivity contribution is -0.143. The maximum absolute atomic E-state index is 13.6. The SMILES string of the molecule is Cc1cc(-c2c(OCC3CCC(C(=O)O)CC3)nc(N)nc2-c2ccc(F)cc2)cc(C(F)F)n1. The summed E-state index contributed by atoms with van der Waals surface area (Å²) in [5.41, 5.74) is 7.48. The van der Waals surface area contributed by atoms with Crippen LogP contribution in [-0.2, 0) is 4.79 Å². The van der Waals surface area contributed by atoms with E-state index in [0.717, 1.165) is 0 Å². The average Bonchev–Trinajstić information content (AvgIpc) is 2.82. The van der Waals surface area contributed by atoms with E-state index in [-0.39, 0.29) is 30.3 Å². The van der Waals surface area contributed by atoms with Crippen molar-refractivity contribution in [2.75, 3.05) is 12.3 Å². The van der Waals surface area contributed by atoms with E-state index in [1.54, 1.807) is 13.0 Å². The number of nitrogens with two attached hydrogens (primary N) is 1. The van der Waals surface area contributed by atoms with E-state index in [1.807, 2.05) is 0 Å². The van der Waals surface area contributed by atoms with Crippen LogP contribution in [0.15, 0.2) is 36.4 Å². The van der Waals surface area contributed by atoms with Crippen LogP contribution in [-0.4, -0.2) is 32.6 Å². The Balaban J connectivity index is 1.75. The van der Waals surface area contributed by atoms with Crippen LogP contribution >= 0.6 is 0 Å². The molecule has 3 N–H and O–H groups in total. The number of hydrogen-bond acceptors (Lipinski definition) is 6. The van der Waals surface area contributed by atoms with Crippen LogP contribution in [0.2, 0.25) is 0 Å². The topological polar surface area (TPSA) is 111 Å². The molecular weight excluding hydrogens is 461 g/mol. The number of halogens is 3. The molecule has 10 heteroatoms. The highest BCUT2D eigenvalue weighted by molar-refractivity contribution is 5.85. The number of benzene rings is 1. The number of alkyl halides is 2. The summed E-state index contributed by atoms with van der Waals surface area (Å²) in [6, 6.07) is 8.44. The number of ether oxygens (including phenoxy) is 1. The quantitative estimate of drug-likeness (QED) is 0.457. The predicted molar refractivity (Wildman–Crippen MR) is 123 cm³/mol. The third-order valence-corrected chi connectivity index (χ3v) is 6.15. The number of nitrogen functional groups attached to an aromatic ring is 1. The third kappa shape index (κ3) is 5.70. The van der Waals surface area contributed by atoms with Crippen LogP contribution in [0, 0.1) is 24.6 Å². The lowest BCUT2D eigenvalue weighted by atomic mass is 9.82. The van der Waals surface area contributed by atoms with Crippen LogP contribution in [0.5, 0.6) is 5.88 Å². The molecule has 0 bridgehead atoms. The van der Waals surface area contributed by atoms with Crippen molar-refractivity contribution in [2.24, 2.45) is 11.8 Å². The van der Waals surface area contributed by atoms with Gasteiger partial charge in [-0.25, -0.2) is 18.2 Å². The summed E-state index contributed by atoms with van der Waals surface area (Å²) in [7, 11) is 0. The molecule has 35 heavy (non-hydrogen) atoms. The number of carboxylic acid groups (broad SMARTS) is 1. The monoisotopic (exact) mass is 486 g/mol. The minimum Gasteiger partial charge on any atom is -0.481 e. The second-order valence-electron chi connectivity index (χ2n) is 8.71. The third-order valence-electron chi connectivity index (χ3n) is 6.15. The largest absolute Gasteiger partial charge is 0.481 e. The Hall–Kier alpha value is -3.69. The summed E-state index contributed by atoms with van der Waals surface area (Å²) < 4.78 is 46.7. The Kier molecular flexibility index (Phi) is 7.18. The average molecular weight is 486 g/mol. The molecule has 1 aromatic carbocycles. The zero-order valence-corrected chi connectivity index (χ0v) is 19.0. The van der Waals surface area contributed by atoms with Crippen molar-refractivity contribution < 1.29 is 27.8 Å². The van der Waals surface area contributed by atoms with Crippen molar-refractivity contribution in [1.82, 2.24) is 15.0 Å². The summed E-state index contributed by atoms with van der Waals surface area (Å²) >= 11 is 0. The molecule has 2 aromatic heterocycles. The van der Waals surface area contributed by atoms with Crippen molar-refractivity contribution in [3.8, 4) is 28.3 Å². The summed E-state index contributed by atoms with van der Waals surface area (Å²) in [6.45, 7) is 1.86. The van der Waals surface area contributed by atoms with Crippen LogP contribution in [0.1, 0.15) is 43.5 Å². The molecule has 0 radical (unpaired) electrons. The van der Waals surface area contributed by atoms with Gasteiger partial charge in [0, 0.05) is 11.3 Å². The molecule has 3 aromatic rings. The van der Waals surface area contributed by atoms with Gasteiger partial charge in [0.25, 0.3) is 6.43 Å². The molecule has 0 saturated heterocycles. The van der Waals surface area contributed by atoms with Crippen molar-refractivity contribution >= 4 is 11.9 Å². The highest BCUT2D eigenvalue weighted by Gasteiger charge is 2.27. The van der Waals surface area contributed by atoms with E-state index in [2.05, 4.69) is 15.0 Å². The van der Waals surface area contributed by atoms with E-state index in [0.29, 0.717) is 53.8 Å². The van der Waals surface area contributed by atoms with E-state index in [9.17, 15) is 23.1 Å². The molecule has 4 rings (SSSR count). The zero-order valence-electron chi connectivity index (χ0n) is 19.0. The first-order valence-corrected chi connectivity index (χ1v) is 11.3. The van der Waals surface area contributed by atoms with Crippen molar-refractivity contribution in [1.29, 1.82) is 0 Å². The molecule has 7 nitrogen and oxygen atoms in total. The van der Waals surface area contributed by atoms with Gasteiger partial charge in [0.05, 0.1) is 23.8 Å². The molecule has 0 atom stereocenters. The number of carboxylic acids is 1. The smallest absolute Gasteiger partial charge is 0.306 e. The van der Waals surface area contributed by atoms with Gasteiger partial charge in [-0.2, -0.15) is 4.98 Å². The fourth-order valence-corrected chi connectivity index (χ4v) is 4.36. The molecule has 0 unspecified atom stereocenters. The Morgan fingerprint density at radius 3 is 2.40 bits per heavy atom. The fourth-order valence-electron chi connectivity index (χ4n) is 4.36. The molecule has 0 aliphatic heterocycles. The number of aryl methyl sites for hydroxylation is 1. The lowest BCUT2D eigenvalue weighted by Crippen LogP contribution is -2.24. The molecule has 1 fully saturated rings. The lowest BCUT2D eigenvalue weighted by Gasteiger charge is -2.26. The number of carbonyl (C=O) groups is 1. The van der Waals surface area contributed by atoms with Gasteiger partial charge in [0.15, 0.2) is 0 Å². The summed E-state index contributed by atoms with van der Waals surface area (Å²) in [5, 5.41) is 9.22. The van der Waals surface area contributed by atoms with Crippen LogP contribution in [0.4, 0.5) is 19.1 Å². The minimum atomic E-state index is -2.79. The number of aliphatic carboxylic acids is 1. The van der Waals surface area contributed by atoms with E-state index >= 15 is 0 Å².